The third-order valence-electron chi connectivity index (χ3n) is 6.82. The number of alkyl halides is 2. The summed E-state index contributed by atoms with van der Waals surface area (Å²) in [5, 5.41) is 12.0. The monoisotopic (exact) mass is 504 g/mol. The number of nitrogens with one attached hydrogen (secondary N) is 1. The number of aliphatic carboxylic acids is 1. The van der Waals surface area contributed by atoms with Gasteiger partial charge in [-0.1, -0.05) is 30.3 Å². The van der Waals surface area contributed by atoms with Crippen LogP contribution in [-0.2, 0) is 11.2 Å². The number of hydrogen-bond donors (Lipinski definition) is 2. The number of hydrogen-bond acceptors (Lipinski definition) is 4. The number of carboxylic acids is 1. The average Bonchev–Trinajstić information content (AvgIpc) is 2.83. The Morgan fingerprint density at radius 2 is 1.67 bits per heavy atom. The molecule has 1 atom stereocenters. The van der Waals surface area contributed by atoms with Gasteiger partial charge in [0.05, 0.1) is 20.3 Å². The van der Waals surface area contributed by atoms with Crippen LogP contribution in [0.4, 0.5) is 13.6 Å². The molecular weight excluding hydrogens is 470 g/mol. The Morgan fingerprint density at radius 3 is 2.17 bits per heavy atom. The lowest BCUT2D eigenvalue weighted by molar-refractivity contribution is -0.175. The van der Waals surface area contributed by atoms with Gasteiger partial charge in [0.2, 0.25) is 0 Å². The Labute approximate surface area is 210 Å². The van der Waals surface area contributed by atoms with Gasteiger partial charge in [-0.25, -0.2) is 18.4 Å². The summed E-state index contributed by atoms with van der Waals surface area (Å²) < 4.78 is 38.2. The first-order valence-corrected chi connectivity index (χ1v) is 12.0. The molecule has 2 aromatic carbocycles. The van der Waals surface area contributed by atoms with Crippen LogP contribution in [0.2, 0.25) is 0 Å². The zero-order valence-corrected chi connectivity index (χ0v) is 21.1. The maximum absolute atomic E-state index is 13.6. The van der Waals surface area contributed by atoms with Crippen molar-refractivity contribution in [3.05, 3.63) is 59.2 Å². The minimum absolute atomic E-state index is 0.310. The number of nitrogens with zero attached hydrogens (tertiary/aromatic N) is 1. The number of rotatable bonds is 11. The van der Waals surface area contributed by atoms with E-state index in [-0.39, 0.29) is 0 Å². The zero-order valence-electron chi connectivity index (χ0n) is 21.1. The first-order chi connectivity index (χ1) is 17.0. The molecule has 1 saturated carbocycles. The fraction of sp³-hybridized carbons (Fsp3) is 0.481. The van der Waals surface area contributed by atoms with Crippen LogP contribution in [0.25, 0.3) is 0 Å². The third-order valence-corrected chi connectivity index (χ3v) is 6.82. The molecule has 36 heavy (non-hydrogen) atoms. The fourth-order valence-electron chi connectivity index (χ4n) is 4.66. The topological polar surface area (TPSA) is 88.1 Å². The van der Waals surface area contributed by atoms with E-state index in [4.69, 9.17) is 9.47 Å². The summed E-state index contributed by atoms with van der Waals surface area (Å²) >= 11 is 0. The van der Waals surface area contributed by atoms with Crippen molar-refractivity contribution in [2.24, 2.45) is 0 Å². The van der Waals surface area contributed by atoms with E-state index in [0.29, 0.717) is 24.5 Å². The van der Waals surface area contributed by atoms with Gasteiger partial charge < -0.3 is 24.8 Å². The molecule has 7 nitrogen and oxygen atoms in total. The van der Waals surface area contributed by atoms with Crippen molar-refractivity contribution >= 4 is 12.0 Å². The number of urea groups is 1. The van der Waals surface area contributed by atoms with Crippen LogP contribution in [0, 0.1) is 6.92 Å². The van der Waals surface area contributed by atoms with Crippen molar-refractivity contribution in [3.63, 3.8) is 0 Å². The van der Waals surface area contributed by atoms with Crippen LogP contribution in [-0.4, -0.2) is 54.2 Å². The fourth-order valence-corrected chi connectivity index (χ4v) is 4.66. The zero-order chi connectivity index (χ0) is 26.5. The highest BCUT2D eigenvalue weighted by molar-refractivity contribution is 5.88. The van der Waals surface area contributed by atoms with Gasteiger partial charge in [-0.15, -0.1) is 0 Å². The molecule has 0 saturated heterocycles. The summed E-state index contributed by atoms with van der Waals surface area (Å²) in [6.45, 7) is 3.97. The van der Waals surface area contributed by atoms with Crippen LogP contribution in [0.5, 0.6) is 11.5 Å². The minimum atomic E-state index is -3.12. The first-order valence-electron chi connectivity index (χ1n) is 12.0. The molecule has 1 unspecified atom stereocenters. The first kappa shape index (κ1) is 27.2. The summed E-state index contributed by atoms with van der Waals surface area (Å²) in [4.78, 5) is 26.7. The molecule has 0 aromatic heterocycles. The maximum Gasteiger partial charge on any atom is 0.329 e. The number of carboxylic acid groups (broad SMARTS) is 1. The second-order valence-electron chi connectivity index (χ2n) is 9.39. The molecule has 1 aliphatic carbocycles. The quantitative estimate of drug-likeness (QED) is 0.402. The number of carbonyl (C=O) groups excluding carboxylic acids is 1. The van der Waals surface area contributed by atoms with E-state index >= 15 is 0 Å². The van der Waals surface area contributed by atoms with E-state index in [9.17, 15) is 23.5 Å². The molecule has 0 spiro atoms. The van der Waals surface area contributed by atoms with Crippen LogP contribution in [0.1, 0.15) is 55.3 Å². The Morgan fingerprint density at radius 1 is 1.08 bits per heavy atom. The number of amides is 2. The molecule has 0 aliphatic heterocycles. The van der Waals surface area contributed by atoms with Crippen molar-refractivity contribution in [2.45, 2.75) is 63.5 Å². The van der Waals surface area contributed by atoms with Gasteiger partial charge in [-0.2, -0.15) is 0 Å². The standard InChI is InChI=1S/C27H34F2N2O5/c1-18-22(35-3)14-21(15-23(18)36-4)19(2)31(13-9-8-12-20-10-6-5-7-11-20)25(34)30-26(24(32)33)16-27(28,29)17-26/h5-7,10-11,14-15,19H,8-9,12-13,16-17H2,1-4H3,(H,30,34)(H,32,33). The summed E-state index contributed by atoms with van der Waals surface area (Å²) in [5.41, 5.74) is 0.717. The highest BCUT2D eigenvalue weighted by Gasteiger charge is 2.62. The van der Waals surface area contributed by atoms with E-state index in [1.807, 2.05) is 44.2 Å². The third kappa shape index (κ3) is 6.06. The second kappa shape index (κ2) is 11.1. The molecule has 1 aliphatic rings. The lowest BCUT2D eigenvalue weighted by atomic mass is 9.73. The summed E-state index contributed by atoms with van der Waals surface area (Å²) in [6, 6.07) is 12.4. The summed E-state index contributed by atoms with van der Waals surface area (Å²) in [5.74, 6) is -3.41. The van der Waals surface area contributed by atoms with Crippen LogP contribution in [0.15, 0.2) is 42.5 Å². The number of unbranched alkanes of at least 4 members (excludes halogenated alkanes) is 1. The molecule has 1 fully saturated rings. The van der Waals surface area contributed by atoms with Crippen molar-refractivity contribution in [1.29, 1.82) is 0 Å². The van der Waals surface area contributed by atoms with Crippen molar-refractivity contribution in [2.75, 3.05) is 20.8 Å². The minimum Gasteiger partial charge on any atom is -0.496 e. The van der Waals surface area contributed by atoms with Crippen LogP contribution >= 0.6 is 0 Å². The van der Waals surface area contributed by atoms with Gasteiger partial charge in [0, 0.05) is 24.9 Å². The van der Waals surface area contributed by atoms with Crippen molar-refractivity contribution < 1.29 is 33.0 Å². The Balaban J connectivity index is 1.82. The molecular formula is C27H34F2N2O5. The Bertz CT molecular complexity index is 1040. The van der Waals surface area contributed by atoms with E-state index in [2.05, 4.69) is 5.32 Å². The highest BCUT2D eigenvalue weighted by Crippen LogP contribution is 2.46. The number of ether oxygens (including phenoxy) is 2. The van der Waals surface area contributed by atoms with Crippen molar-refractivity contribution in [3.8, 4) is 11.5 Å². The number of methoxy groups -OCH3 is 2. The second-order valence-corrected chi connectivity index (χ2v) is 9.39. The summed E-state index contributed by atoms with van der Waals surface area (Å²) in [6.07, 6.45) is 0.404. The molecule has 3 rings (SSSR count). The van der Waals surface area contributed by atoms with Gasteiger partial charge in [0.1, 0.15) is 11.5 Å². The average molecular weight is 505 g/mol. The predicted octanol–water partition coefficient (Wildman–Crippen LogP) is 5.36. The molecule has 2 N–H and O–H groups in total. The number of aryl methyl sites for hydroxylation is 1. The molecule has 2 aromatic rings. The van der Waals surface area contributed by atoms with E-state index in [1.54, 1.807) is 12.1 Å². The van der Waals surface area contributed by atoms with Gasteiger partial charge in [0.25, 0.3) is 5.92 Å². The van der Waals surface area contributed by atoms with E-state index in [0.717, 1.165) is 24.0 Å². The predicted molar refractivity (Wildman–Crippen MR) is 132 cm³/mol. The smallest absolute Gasteiger partial charge is 0.329 e. The Hall–Kier alpha value is -3.36. The highest BCUT2D eigenvalue weighted by atomic mass is 19.3. The number of halogens is 2. The van der Waals surface area contributed by atoms with Gasteiger partial charge in [-0.05, 0) is 56.4 Å². The number of carbonyl (C=O) groups is 2. The molecule has 196 valence electrons. The van der Waals surface area contributed by atoms with Crippen LogP contribution < -0.4 is 14.8 Å². The molecule has 0 bridgehead atoms. The van der Waals surface area contributed by atoms with Gasteiger partial charge in [-0.3, -0.25) is 0 Å². The number of benzene rings is 2. The lowest BCUT2D eigenvalue weighted by Gasteiger charge is -2.45. The summed E-state index contributed by atoms with van der Waals surface area (Å²) in [7, 11) is 3.08. The maximum atomic E-state index is 13.6. The van der Waals surface area contributed by atoms with Crippen LogP contribution in [0.3, 0.4) is 0 Å². The van der Waals surface area contributed by atoms with E-state index < -0.39 is 42.3 Å². The van der Waals surface area contributed by atoms with E-state index in [1.165, 1.54) is 24.7 Å². The molecule has 0 heterocycles. The normalized spacial score (nSPS) is 16.4. The lowest BCUT2D eigenvalue weighted by Crippen LogP contribution is -2.68. The Kier molecular flexibility index (Phi) is 8.43. The van der Waals surface area contributed by atoms with Crippen molar-refractivity contribution in [1.82, 2.24) is 10.2 Å². The molecule has 0 radical (unpaired) electrons. The molecule has 9 heteroatoms. The molecule has 2 amide bonds. The van der Waals surface area contributed by atoms with Gasteiger partial charge >= 0.3 is 12.0 Å². The largest absolute Gasteiger partial charge is 0.496 e. The van der Waals surface area contributed by atoms with Gasteiger partial charge in [0.15, 0.2) is 5.54 Å². The SMILES string of the molecule is COc1cc(C(C)N(CCCCc2ccccc2)C(=O)NC2(C(=O)O)CC(F)(F)C2)cc(OC)c1C.